The second-order valence-corrected chi connectivity index (χ2v) is 5.01. The highest BCUT2D eigenvalue weighted by atomic mass is 16.6. The molecule has 0 aromatic rings. The Kier molecular flexibility index (Phi) is 4.11. The molecule has 2 N–H and O–H groups in total. The molecular weight excluding hydrogens is 194 g/mol. The molecule has 1 aliphatic rings. The zero-order valence-corrected chi connectivity index (χ0v) is 9.79. The fraction of sp³-hybridized carbons (Fsp3) is 0.909. The quantitative estimate of drug-likeness (QED) is 0.719. The Bertz CT molecular complexity index is 216. The van der Waals surface area contributed by atoms with Crippen molar-refractivity contribution in [1.29, 1.82) is 0 Å². The fourth-order valence-electron chi connectivity index (χ4n) is 1.59. The van der Waals surface area contributed by atoms with Gasteiger partial charge in [-0.25, -0.2) is 0 Å². The summed E-state index contributed by atoms with van der Waals surface area (Å²) in [6.07, 6.45) is 2.75. The largest absolute Gasteiger partial charge is 0.459 e. The monoisotopic (exact) mass is 215 g/mol. The van der Waals surface area contributed by atoms with Gasteiger partial charge in [0, 0.05) is 6.61 Å². The van der Waals surface area contributed by atoms with Gasteiger partial charge < -0.3 is 15.2 Å². The van der Waals surface area contributed by atoms with Gasteiger partial charge in [0.1, 0.15) is 11.6 Å². The summed E-state index contributed by atoms with van der Waals surface area (Å²) in [5.74, 6) is -0.335. The smallest absolute Gasteiger partial charge is 0.323 e. The molecule has 0 aromatic heterocycles. The number of carbonyl (C=O) groups excluding carboxylic acids is 1. The maximum absolute atomic E-state index is 11.5. The van der Waals surface area contributed by atoms with E-state index in [2.05, 4.69) is 0 Å². The molecule has 15 heavy (non-hydrogen) atoms. The van der Waals surface area contributed by atoms with Crippen molar-refractivity contribution in [2.24, 2.45) is 5.73 Å². The third-order valence-corrected chi connectivity index (χ3v) is 2.25. The molecule has 1 saturated heterocycles. The summed E-state index contributed by atoms with van der Waals surface area (Å²) in [5, 5.41) is 0. The highest BCUT2D eigenvalue weighted by Gasteiger charge is 2.26. The number of nitrogens with two attached hydrogens (primary N) is 1. The first-order chi connectivity index (χ1) is 6.88. The molecule has 4 heteroatoms. The standard InChI is InChI=1S/C11H21NO3/c1-11(2,3)15-10(13)9(12)7-8-5-4-6-14-8/h8-9H,4-7,12H2,1-3H3/t8-,9-/m0/s1. The number of hydrogen-bond donors (Lipinski definition) is 1. The van der Waals surface area contributed by atoms with Gasteiger partial charge in [0.2, 0.25) is 0 Å². The number of ether oxygens (including phenoxy) is 2. The third-order valence-electron chi connectivity index (χ3n) is 2.25. The van der Waals surface area contributed by atoms with Gasteiger partial charge in [-0.15, -0.1) is 0 Å². The van der Waals surface area contributed by atoms with Gasteiger partial charge in [0.25, 0.3) is 0 Å². The Labute approximate surface area is 91.1 Å². The lowest BCUT2D eigenvalue weighted by atomic mass is 10.1. The first kappa shape index (κ1) is 12.5. The molecule has 4 nitrogen and oxygen atoms in total. The van der Waals surface area contributed by atoms with Crippen molar-refractivity contribution in [2.45, 2.75) is 57.8 Å². The van der Waals surface area contributed by atoms with E-state index in [1.54, 1.807) is 0 Å². The van der Waals surface area contributed by atoms with Crippen molar-refractivity contribution in [1.82, 2.24) is 0 Å². The Hall–Kier alpha value is -0.610. The van der Waals surface area contributed by atoms with Crippen LogP contribution in [0.3, 0.4) is 0 Å². The average Bonchev–Trinajstić information content (AvgIpc) is 2.53. The molecule has 1 fully saturated rings. The fourth-order valence-corrected chi connectivity index (χ4v) is 1.59. The van der Waals surface area contributed by atoms with Crippen LogP contribution in [0.4, 0.5) is 0 Å². The van der Waals surface area contributed by atoms with Crippen LogP contribution in [-0.4, -0.2) is 30.3 Å². The first-order valence-corrected chi connectivity index (χ1v) is 5.48. The Morgan fingerprint density at radius 1 is 1.60 bits per heavy atom. The van der Waals surface area contributed by atoms with Crippen molar-refractivity contribution in [3.05, 3.63) is 0 Å². The van der Waals surface area contributed by atoms with Crippen LogP contribution >= 0.6 is 0 Å². The van der Waals surface area contributed by atoms with Crippen LogP contribution in [0.2, 0.25) is 0 Å². The molecule has 0 aromatic carbocycles. The minimum atomic E-state index is -0.563. The van der Waals surface area contributed by atoms with Crippen LogP contribution in [-0.2, 0) is 14.3 Å². The highest BCUT2D eigenvalue weighted by Crippen LogP contribution is 2.17. The minimum absolute atomic E-state index is 0.132. The van der Waals surface area contributed by atoms with Crippen molar-refractivity contribution >= 4 is 5.97 Å². The minimum Gasteiger partial charge on any atom is -0.459 e. The maximum Gasteiger partial charge on any atom is 0.323 e. The summed E-state index contributed by atoms with van der Waals surface area (Å²) < 4.78 is 10.6. The van der Waals surface area contributed by atoms with Crippen LogP contribution in [0.1, 0.15) is 40.0 Å². The second kappa shape index (κ2) is 4.94. The van der Waals surface area contributed by atoms with E-state index in [9.17, 15) is 4.79 Å². The van der Waals surface area contributed by atoms with E-state index in [4.69, 9.17) is 15.2 Å². The molecule has 2 atom stereocenters. The van der Waals surface area contributed by atoms with Crippen molar-refractivity contribution in [2.75, 3.05) is 6.61 Å². The molecule has 1 heterocycles. The molecular formula is C11H21NO3. The molecule has 1 aliphatic heterocycles. The Balaban J connectivity index is 2.32. The van der Waals surface area contributed by atoms with E-state index in [0.717, 1.165) is 19.4 Å². The molecule has 0 bridgehead atoms. The average molecular weight is 215 g/mol. The van der Waals surface area contributed by atoms with E-state index < -0.39 is 11.6 Å². The number of hydrogen-bond acceptors (Lipinski definition) is 4. The molecule has 0 saturated carbocycles. The Morgan fingerprint density at radius 2 is 2.27 bits per heavy atom. The van der Waals surface area contributed by atoms with Gasteiger partial charge in [0.15, 0.2) is 0 Å². The van der Waals surface area contributed by atoms with Crippen molar-refractivity contribution < 1.29 is 14.3 Å². The summed E-state index contributed by atoms with van der Waals surface area (Å²) >= 11 is 0. The van der Waals surface area contributed by atoms with Gasteiger partial charge in [-0.3, -0.25) is 4.79 Å². The summed E-state index contributed by atoms with van der Waals surface area (Å²) in [4.78, 5) is 11.5. The summed E-state index contributed by atoms with van der Waals surface area (Å²) in [6.45, 7) is 6.29. The van der Waals surface area contributed by atoms with Gasteiger partial charge in [-0.2, -0.15) is 0 Å². The van der Waals surface area contributed by atoms with Crippen LogP contribution in [0.15, 0.2) is 0 Å². The SMILES string of the molecule is CC(C)(C)OC(=O)[C@@H](N)C[C@@H]1CCCO1. The van der Waals surface area contributed by atoms with Gasteiger partial charge in [-0.05, 0) is 40.0 Å². The number of carbonyl (C=O) groups is 1. The number of esters is 1. The van der Waals surface area contributed by atoms with Gasteiger partial charge in [0.05, 0.1) is 6.10 Å². The van der Waals surface area contributed by atoms with Crippen LogP contribution < -0.4 is 5.73 Å². The van der Waals surface area contributed by atoms with E-state index in [1.807, 2.05) is 20.8 Å². The van der Waals surface area contributed by atoms with Crippen molar-refractivity contribution in [3.63, 3.8) is 0 Å². The molecule has 0 unspecified atom stereocenters. The summed E-state index contributed by atoms with van der Waals surface area (Å²) in [6, 6.07) is -0.563. The Morgan fingerprint density at radius 3 is 2.73 bits per heavy atom. The van der Waals surface area contributed by atoms with Crippen LogP contribution in [0, 0.1) is 0 Å². The third kappa shape index (κ3) is 4.62. The lowest BCUT2D eigenvalue weighted by Crippen LogP contribution is -2.39. The van der Waals surface area contributed by atoms with Gasteiger partial charge >= 0.3 is 5.97 Å². The molecule has 0 amide bonds. The van der Waals surface area contributed by atoms with E-state index >= 15 is 0 Å². The van der Waals surface area contributed by atoms with Crippen molar-refractivity contribution in [3.8, 4) is 0 Å². The first-order valence-electron chi connectivity index (χ1n) is 5.48. The van der Waals surface area contributed by atoms with E-state index in [0.29, 0.717) is 6.42 Å². The highest BCUT2D eigenvalue weighted by molar-refractivity contribution is 5.75. The van der Waals surface area contributed by atoms with Gasteiger partial charge in [-0.1, -0.05) is 0 Å². The van der Waals surface area contributed by atoms with E-state index in [-0.39, 0.29) is 12.1 Å². The molecule has 0 aliphatic carbocycles. The predicted octanol–water partition coefficient (Wildman–Crippen LogP) is 1.22. The zero-order valence-electron chi connectivity index (χ0n) is 9.79. The molecule has 0 radical (unpaired) electrons. The normalized spacial score (nSPS) is 23.9. The van der Waals surface area contributed by atoms with Crippen LogP contribution in [0.5, 0.6) is 0 Å². The maximum atomic E-state index is 11.5. The predicted molar refractivity (Wildman–Crippen MR) is 57.4 cm³/mol. The summed E-state index contributed by atoms with van der Waals surface area (Å²) in [5.41, 5.74) is 5.28. The summed E-state index contributed by atoms with van der Waals surface area (Å²) in [7, 11) is 0. The van der Waals surface area contributed by atoms with Crippen LogP contribution in [0.25, 0.3) is 0 Å². The molecule has 88 valence electrons. The molecule has 0 spiro atoms. The molecule has 1 rings (SSSR count). The lowest BCUT2D eigenvalue weighted by Gasteiger charge is -2.23. The zero-order chi connectivity index (χ0) is 11.5. The lowest BCUT2D eigenvalue weighted by molar-refractivity contribution is -0.157. The topological polar surface area (TPSA) is 61.5 Å². The second-order valence-electron chi connectivity index (χ2n) is 5.01. The number of rotatable bonds is 3. The van der Waals surface area contributed by atoms with E-state index in [1.165, 1.54) is 0 Å².